The third-order valence-corrected chi connectivity index (χ3v) is 5.01. The van der Waals surface area contributed by atoms with Crippen LogP contribution in [-0.2, 0) is 11.3 Å². The number of nitrogens with zero attached hydrogens (tertiary/aromatic N) is 5. The van der Waals surface area contributed by atoms with Crippen molar-refractivity contribution in [2.45, 2.75) is 37.9 Å². The number of rotatable bonds is 7. The van der Waals surface area contributed by atoms with Gasteiger partial charge >= 0.3 is 0 Å². The monoisotopic (exact) mass is 349 g/mol. The van der Waals surface area contributed by atoms with Crippen LogP contribution in [0, 0.1) is 23.7 Å². The van der Waals surface area contributed by atoms with E-state index in [0.717, 1.165) is 39.1 Å². The van der Waals surface area contributed by atoms with E-state index in [0.29, 0.717) is 24.8 Å². The molecule has 0 unspecified atom stereocenters. The first-order valence-electron chi connectivity index (χ1n) is 9.01. The minimum Gasteiger partial charge on any atom is -0.340 e. The molecule has 0 aromatic heterocycles. The smallest absolute Gasteiger partial charge is 0.222 e. The van der Waals surface area contributed by atoms with Crippen molar-refractivity contribution >= 4 is 5.91 Å². The molecule has 0 aliphatic carbocycles. The summed E-state index contributed by atoms with van der Waals surface area (Å²) >= 11 is 0. The first kappa shape index (κ1) is 18.1. The van der Waals surface area contributed by atoms with E-state index in [1.165, 1.54) is 5.56 Å². The molecule has 1 fully saturated rings. The van der Waals surface area contributed by atoms with Gasteiger partial charge in [0.2, 0.25) is 5.91 Å². The van der Waals surface area contributed by atoms with Crippen molar-refractivity contribution < 1.29 is 4.79 Å². The topological polar surface area (TPSA) is 72.1 Å². The summed E-state index contributed by atoms with van der Waals surface area (Å²) in [5.41, 5.74) is 1.49. The molecule has 1 amide bonds. The van der Waals surface area contributed by atoms with Gasteiger partial charge in [0, 0.05) is 58.4 Å². The zero-order chi connectivity index (χ0) is 18.4. The molecule has 1 saturated heterocycles. The minimum atomic E-state index is -0.376. The zero-order valence-corrected chi connectivity index (χ0v) is 14.9. The number of hydrogen-bond acceptors (Lipinski definition) is 5. The van der Waals surface area contributed by atoms with Crippen LogP contribution in [-0.4, -0.2) is 47.5 Å². The van der Waals surface area contributed by atoms with Crippen LogP contribution in [0.5, 0.6) is 0 Å². The third-order valence-electron chi connectivity index (χ3n) is 5.01. The molecule has 0 atom stereocenters. The number of carbonyl (C=O) groups excluding carboxylic acids is 1. The average molecular weight is 349 g/mol. The zero-order valence-electron chi connectivity index (χ0n) is 14.9. The van der Waals surface area contributed by atoms with Crippen LogP contribution in [0.3, 0.4) is 0 Å². The Kier molecular flexibility index (Phi) is 5.65. The lowest BCUT2D eigenvalue weighted by molar-refractivity contribution is -0.133. The van der Waals surface area contributed by atoms with Crippen molar-refractivity contribution in [3.63, 3.8) is 0 Å². The highest BCUT2D eigenvalue weighted by atomic mass is 16.2. The normalized spacial score (nSPS) is 18.2. The largest absolute Gasteiger partial charge is 0.340 e. The van der Waals surface area contributed by atoms with Gasteiger partial charge in [0.1, 0.15) is 0 Å². The molecule has 3 rings (SSSR count). The van der Waals surface area contributed by atoms with E-state index in [1.54, 1.807) is 0 Å². The molecule has 2 aliphatic rings. The molecule has 0 saturated carbocycles. The van der Waals surface area contributed by atoms with Crippen molar-refractivity contribution in [3.8, 4) is 18.4 Å². The highest BCUT2D eigenvalue weighted by Crippen LogP contribution is 2.37. The second kappa shape index (κ2) is 8.12. The molecule has 0 spiro atoms. The highest BCUT2D eigenvalue weighted by Gasteiger charge is 2.39. The lowest BCUT2D eigenvalue weighted by Gasteiger charge is -2.35. The summed E-state index contributed by atoms with van der Waals surface area (Å²) < 4.78 is 0. The highest BCUT2D eigenvalue weighted by molar-refractivity contribution is 5.76. The molecule has 0 radical (unpaired) electrons. The Labute approximate surface area is 154 Å². The Morgan fingerprint density at radius 2 is 1.85 bits per heavy atom. The number of amides is 1. The predicted octanol–water partition coefficient (Wildman–Crippen LogP) is 2.56. The fraction of sp³-hybridized carbons (Fsp3) is 0.500. The molecule has 0 N–H and O–H groups in total. The van der Waals surface area contributed by atoms with E-state index in [1.807, 2.05) is 29.2 Å². The van der Waals surface area contributed by atoms with Crippen LogP contribution < -0.4 is 0 Å². The molecule has 1 aromatic rings. The van der Waals surface area contributed by atoms with Crippen molar-refractivity contribution in [1.29, 1.82) is 5.26 Å². The first-order valence-corrected chi connectivity index (χ1v) is 9.01. The number of piperazine rings is 1. The Hall–Kier alpha value is -2.70. The van der Waals surface area contributed by atoms with Crippen LogP contribution >= 0.6 is 0 Å². The molecular formula is C20H23N5O. The van der Waals surface area contributed by atoms with Gasteiger partial charge in [0.15, 0.2) is 5.66 Å². The molecule has 134 valence electrons. The molecule has 0 bridgehead atoms. The standard InChI is InChI=1S/C20H23N5O/c1-2-3-9-20(22-23-20)10-8-19(26)25-13-11-24(12-14-25)16-18-6-4-17(15-21)5-7-18/h1,4-7H,3,8-14,16H2. The van der Waals surface area contributed by atoms with Gasteiger partial charge in [-0.1, -0.05) is 12.1 Å². The number of carbonyl (C=O) groups is 1. The Bertz CT molecular complexity index is 742. The second-order valence-electron chi connectivity index (χ2n) is 6.85. The van der Waals surface area contributed by atoms with E-state index in [4.69, 9.17) is 11.7 Å². The summed E-state index contributed by atoms with van der Waals surface area (Å²) in [5.74, 6) is 2.79. The average Bonchev–Trinajstić information content (AvgIpc) is 3.46. The molecular weight excluding hydrogens is 326 g/mol. The van der Waals surface area contributed by atoms with Crippen LogP contribution in [0.25, 0.3) is 0 Å². The van der Waals surface area contributed by atoms with Gasteiger partial charge < -0.3 is 4.90 Å². The fourth-order valence-corrected chi connectivity index (χ4v) is 3.23. The second-order valence-corrected chi connectivity index (χ2v) is 6.85. The number of terminal acetylenes is 1. The quantitative estimate of drug-likeness (QED) is 0.710. The van der Waals surface area contributed by atoms with Gasteiger partial charge in [0.05, 0.1) is 11.6 Å². The van der Waals surface area contributed by atoms with E-state index >= 15 is 0 Å². The van der Waals surface area contributed by atoms with E-state index in [2.05, 4.69) is 27.1 Å². The maximum atomic E-state index is 12.4. The SMILES string of the molecule is C#CCCC1(CCC(=O)N2CCN(Cc3ccc(C#N)cc3)CC2)N=N1. The van der Waals surface area contributed by atoms with Crippen LogP contribution in [0.15, 0.2) is 34.5 Å². The summed E-state index contributed by atoms with van der Waals surface area (Å²) in [7, 11) is 0. The molecule has 2 aliphatic heterocycles. The summed E-state index contributed by atoms with van der Waals surface area (Å²) in [4.78, 5) is 16.7. The van der Waals surface area contributed by atoms with Crippen LogP contribution in [0.2, 0.25) is 0 Å². The lowest BCUT2D eigenvalue weighted by atomic mass is 10.0. The van der Waals surface area contributed by atoms with E-state index in [-0.39, 0.29) is 11.6 Å². The molecule has 1 aromatic carbocycles. The van der Waals surface area contributed by atoms with Crippen molar-refractivity contribution in [3.05, 3.63) is 35.4 Å². The van der Waals surface area contributed by atoms with Gasteiger partial charge in [0.25, 0.3) is 0 Å². The van der Waals surface area contributed by atoms with Crippen molar-refractivity contribution in [2.24, 2.45) is 10.2 Å². The van der Waals surface area contributed by atoms with E-state index < -0.39 is 0 Å². The predicted molar refractivity (Wildman–Crippen MR) is 97.9 cm³/mol. The first-order chi connectivity index (χ1) is 12.6. The molecule has 26 heavy (non-hydrogen) atoms. The fourth-order valence-electron chi connectivity index (χ4n) is 3.23. The van der Waals surface area contributed by atoms with Gasteiger partial charge in [-0.25, -0.2) is 0 Å². The van der Waals surface area contributed by atoms with E-state index in [9.17, 15) is 4.79 Å². The minimum absolute atomic E-state index is 0.181. The van der Waals surface area contributed by atoms with Crippen LogP contribution in [0.4, 0.5) is 0 Å². The number of benzene rings is 1. The van der Waals surface area contributed by atoms with Crippen molar-refractivity contribution in [2.75, 3.05) is 26.2 Å². The Morgan fingerprint density at radius 3 is 2.42 bits per heavy atom. The molecule has 6 heteroatoms. The maximum absolute atomic E-state index is 12.4. The number of hydrogen-bond donors (Lipinski definition) is 0. The maximum Gasteiger partial charge on any atom is 0.222 e. The number of nitriles is 1. The lowest BCUT2D eigenvalue weighted by Crippen LogP contribution is -2.48. The van der Waals surface area contributed by atoms with Gasteiger partial charge in [-0.2, -0.15) is 15.5 Å². The van der Waals surface area contributed by atoms with Gasteiger partial charge in [-0.05, 0) is 17.7 Å². The summed E-state index contributed by atoms with van der Waals surface area (Å²) in [6, 6.07) is 9.81. The summed E-state index contributed by atoms with van der Waals surface area (Å²) in [6.45, 7) is 4.08. The summed E-state index contributed by atoms with van der Waals surface area (Å²) in [6.07, 6.45) is 7.83. The van der Waals surface area contributed by atoms with Gasteiger partial charge in [-0.3, -0.25) is 9.69 Å². The van der Waals surface area contributed by atoms with Crippen molar-refractivity contribution in [1.82, 2.24) is 9.80 Å². The third kappa shape index (κ3) is 4.68. The van der Waals surface area contributed by atoms with Gasteiger partial charge in [-0.15, -0.1) is 12.3 Å². The Morgan fingerprint density at radius 1 is 1.15 bits per heavy atom. The molecule has 6 nitrogen and oxygen atoms in total. The summed E-state index contributed by atoms with van der Waals surface area (Å²) in [5, 5.41) is 17.0. The molecule has 2 heterocycles. The Balaban J connectivity index is 1.39. The van der Waals surface area contributed by atoms with Crippen LogP contribution in [0.1, 0.15) is 36.8 Å².